The minimum atomic E-state index is -1.13. The van der Waals surface area contributed by atoms with Crippen molar-refractivity contribution in [1.82, 2.24) is 0 Å². The van der Waals surface area contributed by atoms with E-state index >= 15 is 0 Å². The number of hydrogen-bond donors (Lipinski definition) is 0. The Morgan fingerprint density at radius 1 is 1.32 bits per heavy atom. The maximum Gasteiger partial charge on any atom is 0.338 e. The lowest BCUT2D eigenvalue weighted by molar-refractivity contribution is -0.153. The zero-order valence-corrected chi connectivity index (χ0v) is 14.5. The Morgan fingerprint density at radius 2 is 1.91 bits per heavy atom. The first kappa shape index (κ1) is 18.4. The van der Waals surface area contributed by atoms with Crippen molar-refractivity contribution in [1.29, 1.82) is 0 Å². The Kier molecular flexibility index (Phi) is 5.88. The van der Waals surface area contributed by atoms with E-state index in [4.69, 9.17) is 9.47 Å². The van der Waals surface area contributed by atoms with Crippen LogP contribution in [-0.2, 0) is 19.1 Å². The van der Waals surface area contributed by atoms with Gasteiger partial charge in [-0.05, 0) is 39.0 Å². The molecule has 0 heterocycles. The smallest absolute Gasteiger partial charge is 0.338 e. The molecule has 0 saturated heterocycles. The van der Waals surface area contributed by atoms with Crippen LogP contribution >= 0.6 is 15.9 Å². The molecule has 0 amide bonds. The Bertz CT molecular complexity index is 605. The van der Waals surface area contributed by atoms with Crippen LogP contribution in [0.5, 0.6) is 0 Å². The Hall–Kier alpha value is -1.69. The number of rotatable bonds is 4. The number of ether oxygens (including phenoxy) is 2. The first-order valence-corrected chi connectivity index (χ1v) is 7.35. The number of esters is 2. The Morgan fingerprint density at radius 3 is 2.41 bits per heavy atom. The van der Waals surface area contributed by atoms with Crippen molar-refractivity contribution in [2.45, 2.75) is 39.4 Å². The molecular formula is C16H18BrFO4. The van der Waals surface area contributed by atoms with Crippen LogP contribution in [0.1, 0.15) is 39.4 Å². The summed E-state index contributed by atoms with van der Waals surface area (Å²) in [5, 5.41) is 0. The summed E-state index contributed by atoms with van der Waals surface area (Å²) in [6.45, 7) is 9.96. The molecule has 120 valence electrons. The van der Waals surface area contributed by atoms with Crippen LogP contribution < -0.4 is 0 Å². The summed E-state index contributed by atoms with van der Waals surface area (Å²) < 4.78 is 24.3. The van der Waals surface area contributed by atoms with Crippen molar-refractivity contribution in [3.63, 3.8) is 0 Å². The van der Waals surface area contributed by atoms with Gasteiger partial charge in [-0.2, -0.15) is 0 Å². The number of carbonyl (C=O) groups excluding carboxylic acids is 2. The van der Waals surface area contributed by atoms with Gasteiger partial charge in [-0.3, -0.25) is 4.79 Å². The molecule has 0 N–H and O–H groups in total. The normalized spacial score (nSPS) is 12.5. The molecule has 0 aliphatic carbocycles. The molecule has 1 aromatic carbocycles. The molecule has 0 aliphatic heterocycles. The van der Waals surface area contributed by atoms with Crippen LogP contribution in [0, 0.1) is 5.82 Å². The van der Waals surface area contributed by atoms with Gasteiger partial charge in [0, 0.05) is 17.0 Å². The van der Waals surface area contributed by atoms with Gasteiger partial charge in [0.1, 0.15) is 11.4 Å². The molecule has 6 heteroatoms. The van der Waals surface area contributed by atoms with E-state index in [0.29, 0.717) is 4.47 Å². The monoisotopic (exact) mass is 372 g/mol. The molecular weight excluding hydrogens is 355 g/mol. The lowest BCUT2D eigenvalue weighted by Crippen LogP contribution is -2.27. The van der Waals surface area contributed by atoms with E-state index < -0.39 is 29.5 Å². The number of carbonyl (C=O) groups is 2. The SMILES string of the molecule is C=C(C(=O)OC(C)(C)C)C(OC(C)=O)c1cc(F)ccc1Br. The third kappa shape index (κ3) is 5.26. The number of halogens is 2. The van der Waals surface area contributed by atoms with Crippen LogP contribution in [0.15, 0.2) is 34.8 Å². The predicted octanol–water partition coefficient (Wildman–Crippen LogP) is 4.09. The molecule has 0 fully saturated rings. The van der Waals surface area contributed by atoms with E-state index in [1.807, 2.05) is 0 Å². The lowest BCUT2D eigenvalue weighted by Gasteiger charge is -2.24. The second-order valence-corrected chi connectivity index (χ2v) is 6.54. The maximum absolute atomic E-state index is 13.5. The largest absolute Gasteiger partial charge is 0.457 e. The first-order chi connectivity index (χ1) is 10.0. The summed E-state index contributed by atoms with van der Waals surface area (Å²) in [4.78, 5) is 23.4. The second kappa shape index (κ2) is 7.05. The van der Waals surface area contributed by atoms with Crippen molar-refractivity contribution in [3.05, 3.63) is 46.2 Å². The minimum Gasteiger partial charge on any atom is -0.457 e. The van der Waals surface area contributed by atoms with Crippen LogP contribution in [0.2, 0.25) is 0 Å². The minimum absolute atomic E-state index is 0.0866. The van der Waals surface area contributed by atoms with Crippen molar-refractivity contribution >= 4 is 27.9 Å². The van der Waals surface area contributed by atoms with Crippen LogP contribution in [-0.4, -0.2) is 17.5 Å². The van der Waals surface area contributed by atoms with Crippen molar-refractivity contribution in [2.75, 3.05) is 0 Å². The molecule has 1 atom stereocenters. The fourth-order valence-electron chi connectivity index (χ4n) is 1.65. The molecule has 0 aromatic heterocycles. The highest BCUT2D eigenvalue weighted by Crippen LogP contribution is 2.33. The van der Waals surface area contributed by atoms with Crippen molar-refractivity contribution in [2.24, 2.45) is 0 Å². The van der Waals surface area contributed by atoms with Gasteiger partial charge in [0.2, 0.25) is 0 Å². The fraction of sp³-hybridized carbons (Fsp3) is 0.375. The van der Waals surface area contributed by atoms with Gasteiger partial charge in [0.25, 0.3) is 0 Å². The number of hydrogen-bond acceptors (Lipinski definition) is 4. The molecule has 22 heavy (non-hydrogen) atoms. The fourth-order valence-corrected chi connectivity index (χ4v) is 2.11. The summed E-state index contributed by atoms with van der Waals surface area (Å²) in [6, 6.07) is 3.88. The van der Waals surface area contributed by atoms with Crippen LogP contribution in [0.25, 0.3) is 0 Å². The Labute approximate surface area is 137 Å². The zero-order chi connectivity index (χ0) is 17.1. The van der Waals surface area contributed by atoms with E-state index in [1.54, 1.807) is 20.8 Å². The molecule has 0 bridgehead atoms. The molecule has 1 unspecified atom stereocenters. The first-order valence-electron chi connectivity index (χ1n) is 6.55. The van der Waals surface area contributed by atoms with Crippen LogP contribution in [0.3, 0.4) is 0 Å². The van der Waals surface area contributed by atoms with E-state index in [0.717, 1.165) is 0 Å². The van der Waals surface area contributed by atoms with E-state index in [2.05, 4.69) is 22.5 Å². The van der Waals surface area contributed by atoms with Gasteiger partial charge in [-0.25, -0.2) is 9.18 Å². The Balaban J connectivity index is 3.18. The molecule has 1 rings (SSSR count). The summed E-state index contributed by atoms with van der Waals surface area (Å²) in [7, 11) is 0. The zero-order valence-electron chi connectivity index (χ0n) is 12.9. The molecule has 0 saturated carbocycles. The van der Waals surface area contributed by atoms with Gasteiger partial charge in [0.05, 0.1) is 5.57 Å². The van der Waals surface area contributed by atoms with E-state index in [-0.39, 0.29) is 11.1 Å². The average molecular weight is 373 g/mol. The summed E-state index contributed by atoms with van der Waals surface area (Å²) >= 11 is 3.25. The van der Waals surface area contributed by atoms with Crippen molar-refractivity contribution < 1.29 is 23.5 Å². The molecule has 4 nitrogen and oxygen atoms in total. The maximum atomic E-state index is 13.5. The van der Waals surface area contributed by atoms with Gasteiger partial charge < -0.3 is 9.47 Å². The standard InChI is InChI=1S/C16H18BrFO4/c1-9(15(20)22-16(3,4)5)14(21-10(2)19)12-8-11(18)6-7-13(12)17/h6-8,14H,1H2,2-5H3. The lowest BCUT2D eigenvalue weighted by atomic mass is 10.0. The predicted molar refractivity (Wildman–Crippen MR) is 83.6 cm³/mol. The highest BCUT2D eigenvalue weighted by molar-refractivity contribution is 9.10. The average Bonchev–Trinajstić information content (AvgIpc) is 2.36. The van der Waals surface area contributed by atoms with E-state index in [9.17, 15) is 14.0 Å². The second-order valence-electron chi connectivity index (χ2n) is 5.68. The topological polar surface area (TPSA) is 52.6 Å². The molecule has 0 spiro atoms. The summed E-state index contributed by atoms with van der Waals surface area (Å²) in [6.07, 6.45) is -1.13. The highest BCUT2D eigenvalue weighted by atomic mass is 79.9. The number of benzene rings is 1. The van der Waals surface area contributed by atoms with E-state index in [1.165, 1.54) is 25.1 Å². The van der Waals surface area contributed by atoms with Gasteiger partial charge in [-0.15, -0.1) is 0 Å². The summed E-state index contributed by atoms with van der Waals surface area (Å²) in [5.74, 6) is -1.85. The molecule has 0 aliphatic rings. The quantitative estimate of drug-likeness (QED) is 0.589. The van der Waals surface area contributed by atoms with Crippen LogP contribution in [0.4, 0.5) is 4.39 Å². The molecule has 1 aromatic rings. The van der Waals surface area contributed by atoms with Crippen molar-refractivity contribution in [3.8, 4) is 0 Å². The highest BCUT2D eigenvalue weighted by Gasteiger charge is 2.29. The van der Waals surface area contributed by atoms with Gasteiger partial charge >= 0.3 is 11.9 Å². The third-order valence-electron chi connectivity index (χ3n) is 2.50. The summed E-state index contributed by atoms with van der Waals surface area (Å²) in [5.41, 5.74) is -0.526. The molecule has 0 radical (unpaired) electrons. The van der Waals surface area contributed by atoms with Gasteiger partial charge in [-0.1, -0.05) is 22.5 Å². The third-order valence-corrected chi connectivity index (χ3v) is 3.22. The van der Waals surface area contributed by atoms with Gasteiger partial charge in [0.15, 0.2) is 6.10 Å².